The van der Waals surface area contributed by atoms with Gasteiger partial charge in [0.15, 0.2) is 5.69 Å². The van der Waals surface area contributed by atoms with Crippen molar-refractivity contribution < 1.29 is 4.79 Å². The molecule has 1 aromatic rings. The van der Waals surface area contributed by atoms with Gasteiger partial charge in [-0.1, -0.05) is 0 Å². The molecule has 0 aliphatic carbocycles. The predicted molar refractivity (Wildman–Crippen MR) is 42.9 cm³/mol. The lowest BCUT2D eigenvalue weighted by atomic mass is 10.5. The van der Waals surface area contributed by atoms with E-state index < -0.39 is 5.91 Å². The van der Waals surface area contributed by atoms with Crippen LogP contribution in [0, 0.1) is 0 Å². The van der Waals surface area contributed by atoms with Crippen LogP contribution in [0.5, 0.6) is 0 Å². The van der Waals surface area contributed by atoms with Crippen molar-refractivity contribution >= 4 is 29.9 Å². The molecule has 0 unspecified atom stereocenters. The monoisotopic (exact) mass is 177 g/mol. The normalized spacial score (nSPS) is 8.50. The first kappa shape index (κ1) is 9.41. The lowest BCUT2D eigenvalue weighted by Crippen LogP contribution is -2.11. The number of aromatic nitrogens is 1. The number of amides is 1. The molecule has 0 spiro atoms. The molecule has 0 saturated heterocycles. The molecule has 0 aliphatic rings. The van der Waals surface area contributed by atoms with Gasteiger partial charge in [0.05, 0.1) is 9.72 Å². The van der Waals surface area contributed by atoms with Gasteiger partial charge in [0, 0.05) is 0 Å². The molecule has 56 valence electrons. The number of hydrogen-bond donors (Lipinski definition) is 3. The fraction of sp³-hybridized carbons (Fsp3) is 0. The van der Waals surface area contributed by atoms with E-state index in [4.69, 9.17) is 5.73 Å². The van der Waals surface area contributed by atoms with Crippen LogP contribution in [0.3, 0.4) is 0 Å². The molecular weight excluding hydrogens is 170 g/mol. The average Bonchev–Trinajstić information content (AvgIpc) is 2.13. The second-order valence-corrected chi connectivity index (χ2v) is 2.97. The van der Waals surface area contributed by atoms with E-state index in [1.807, 2.05) is 0 Å². The molecule has 1 aromatic heterocycles. The number of nitrogens with zero attached hydrogens (tertiary/aromatic N) is 1. The highest BCUT2D eigenvalue weighted by atomic mass is 32.2. The predicted octanol–water partition coefficient (Wildman–Crippen LogP) is 0.693. The summed E-state index contributed by atoms with van der Waals surface area (Å²) in [6.45, 7) is 0. The Kier molecular flexibility index (Phi) is 3.34. The first-order chi connectivity index (χ1) is 4.22. The number of hydrogen-bond acceptors (Lipinski definition) is 5. The van der Waals surface area contributed by atoms with E-state index >= 15 is 0 Å². The highest BCUT2D eigenvalue weighted by Crippen LogP contribution is 2.16. The Morgan fingerprint density at radius 2 is 2.40 bits per heavy atom. The van der Waals surface area contributed by atoms with Gasteiger partial charge in [0.1, 0.15) is 0 Å². The van der Waals surface area contributed by atoms with Crippen molar-refractivity contribution in [3.63, 3.8) is 0 Å². The SMILES string of the molecule is N.NC(=O)c1ncsc1S. The molecule has 6 heteroatoms. The summed E-state index contributed by atoms with van der Waals surface area (Å²) in [7, 11) is 0. The van der Waals surface area contributed by atoms with Gasteiger partial charge in [-0.15, -0.1) is 24.0 Å². The minimum atomic E-state index is -0.527. The number of carbonyl (C=O) groups excluding carboxylic acids is 1. The average molecular weight is 177 g/mol. The van der Waals surface area contributed by atoms with Crippen LogP contribution in [-0.2, 0) is 0 Å². The Morgan fingerprint density at radius 1 is 1.80 bits per heavy atom. The topological polar surface area (TPSA) is 91.0 Å². The number of thiol groups is 1. The number of carbonyl (C=O) groups is 1. The fourth-order valence-electron chi connectivity index (χ4n) is 0.409. The zero-order valence-corrected chi connectivity index (χ0v) is 6.78. The number of rotatable bonds is 1. The Labute approximate surface area is 67.4 Å². The Bertz CT molecular complexity index is 234. The maximum Gasteiger partial charge on any atom is 0.269 e. The van der Waals surface area contributed by atoms with Crippen LogP contribution in [0.4, 0.5) is 0 Å². The van der Waals surface area contributed by atoms with Crippen LogP contribution in [0.15, 0.2) is 9.72 Å². The van der Waals surface area contributed by atoms with Gasteiger partial charge in [0.2, 0.25) is 0 Å². The van der Waals surface area contributed by atoms with Gasteiger partial charge in [0.25, 0.3) is 5.91 Å². The van der Waals surface area contributed by atoms with E-state index in [0.717, 1.165) is 0 Å². The third-order valence-electron chi connectivity index (χ3n) is 0.782. The molecule has 0 saturated carbocycles. The third-order valence-corrected chi connectivity index (χ3v) is 1.94. The van der Waals surface area contributed by atoms with Crippen molar-refractivity contribution in [3.05, 3.63) is 11.2 Å². The van der Waals surface area contributed by atoms with Gasteiger partial charge in [-0.3, -0.25) is 4.79 Å². The molecule has 0 aromatic carbocycles. The zero-order valence-electron chi connectivity index (χ0n) is 5.07. The quantitative estimate of drug-likeness (QED) is 0.551. The summed E-state index contributed by atoms with van der Waals surface area (Å²) in [5.41, 5.74) is 6.70. The molecule has 1 heterocycles. The Morgan fingerprint density at radius 3 is 2.60 bits per heavy atom. The van der Waals surface area contributed by atoms with Gasteiger partial charge < -0.3 is 11.9 Å². The molecule has 0 radical (unpaired) electrons. The molecular formula is C4H7N3OS2. The van der Waals surface area contributed by atoms with Gasteiger partial charge in [-0.2, -0.15) is 0 Å². The van der Waals surface area contributed by atoms with Gasteiger partial charge in [-0.05, 0) is 0 Å². The van der Waals surface area contributed by atoms with E-state index in [1.54, 1.807) is 0 Å². The third kappa shape index (κ3) is 1.69. The van der Waals surface area contributed by atoms with Gasteiger partial charge in [-0.25, -0.2) is 4.98 Å². The smallest absolute Gasteiger partial charge is 0.269 e. The lowest BCUT2D eigenvalue weighted by Gasteiger charge is -1.85. The molecule has 0 fully saturated rings. The highest BCUT2D eigenvalue weighted by molar-refractivity contribution is 7.82. The summed E-state index contributed by atoms with van der Waals surface area (Å²) in [5, 5.41) is 0. The van der Waals surface area contributed by atoms with Crippen LogP contribution in [-0.4, -0.2) is 10.9 Å². The molecule has 5 N–H and O–H groups in total. The first-order valence-corrected chi connectivity index (χ1v) is 3.46. The molecule has 0 bridgehead atoms. The Hall–Kier alpha value is -0.590. The number of thiazole rings is 1. The van der Waals surface area contributed by atoms with Crippen molar-refractivity contribution in [2.24, 2.45) is 5.73 Å². The van der Waals surface area contributed by atoms with Crippen LogP contribution in [0.2, 0.25) is 0 Å². The standard InChI is InChI=1S/C4H4N2OS2.H3N/c5-3(7)2-4(8)9-1-6-2;/h1,8H,(H2,5,7);1H3. The summed E-state index contributed by atoms with van der Waals surface area (Å²) in [5.74, 6) is -0.527. The lowest BCUT2D eigenvalue weighted by molar-refractivity contribution is 0.0993. The van der Waals surface area contributed by atoms with Crippen LogP contribution in [0.1, 0.15) is 10.5 Å². The van der Waals surface area contributed by atoms with Crippen molar-refractivity contribution in [1.82, 2.24) is 11.1 Å². The van der Waals surface area contributed by atoms with Crippen LogP contribution >= 0.6 is 24.0 Å². The number of nitrogens with two attached hydrogens (primary N) is 1. The van der Waals surface area contributed by atoms with Crippen molar-refractivity contribution in [3.8, 4) is 0 Å². The van der Waals surface area contributed by atoms with E-state index in [0.29, 0.717) is 4.21 Å². The van der Waals surface area contributed by atoms with Crippen molar-refractivity contribution in [1.29, 1.82) is 0 Å². The van der Waals surface area contributed by atoms with Gasteiger partial charge >= 0.3 is 0 Å². The molecule has 0 atom stereocenters. The number of primary amides is 1. The summed E-state index contributed by atoms with van der Waals surface area (Å²) in [6, 6.07) is 0. The van der Waals surface area contributed by atoms with Crippen molar-refractivity contribution in [2.45, 2.75) is 4.21 Å². The maximum absolute atomic E-state index is 10.4. The second kappa shape index (κ2) is 3.55. The highest BCUT2D eigenvalue weighted by Gasteiger charge is 2.06. The minimum Gasteiger partial charge on any atom is -0.364 e. The molecule has 0 aliphatic heterocycles. The largest absolute Gasteiger partial charge is 0.364 e. The molecule has 10 heavy (non-hydrogen) atoms. The first-order valence-electron chi connectivity index (χ1n) is 2.14. The Balaban J connectivity index is 0.000000810. The van der Waals surface area contributed by atoms with Crippen LogP contribution in [0.25, 0.3) is 0 Å². The summed E-state index contributed by atoms with van der Waals surface area (Å²) in [4.78, 5) is 14.1. The van der Waals surface area contributed by atoms with Crippen molar-refractivity contribution in [2.75, 3.05) is 0 Å². The summed E-state index contributed by atoms with van der Waals surface area (Å²) >= 11 is 5.23. The second-order valence-electron chi connectivity index (χ2n) is 1.37. The molecule has 1 rings (SSSR count). The molecule has 1 amide bonds. The van der Waals surface area contributed by atoms with Crippen LogP contribution < -0.4 is 11.9 Å². The fourth-order valence-corrected chi connectivity index (χ4v) is 1.24. The van der Waals surface area contributed by atoms with E-state index in [-0.39, 0.29) is 11.8 Å². The summed E-state index contributed by atoms with van der Waals surface area (Å²) < 4.78 is 0.572. The minimum absolute atomic E-state index is 0. The zero-order chi connectivity index (χ0) is 6.85. The summed E-state index contributed by atoms with van der Waals surface area (Å²) in [6.07, 6.45) is 0. The van der Waals surface area contributed by atoms with E-state index in [2.05, 4.69) is 17.6 Å². The molecule has 4 nitrogen and oxygen atoms in total. The van der Waals surface area contributed by atoms with E-state index in [1.165, 1.54) is 16.8 Å². The maximum atomic E-state index is 10.4. The van der Waals surface area contributed by atoms with E-state index in [9.17, 15) is 4.79 Å².